The van der Waals surface area contributed by atoms with Crippen molar-refractivity contribution in [1.82, 2.24) is 0 Å². The van der Waals surface area contributed by atoms with Crippen LogP contribution in [0.2, 0.25) is 0 Å². The number of benzene rings is 1. The molecule has 6 heteroatoms. The van der Waals surface area contributed by atoms with Gasteiger partial charge in [0.25, 0.3) is 5.69 Å². The zero-order valence-corrected chi connectivity index (χ0v) is 11.5. The Morgan fingerprint density at radius 3 is 2.59 bits per heavy atom. The van der Waals surface area contributed by atoms with Crippen LogP contribution < -0.4 is 10.6 Å². The molecular weight excluding hydrogens is 333 g/mol. The molecule has 0 spiro atoms. The number of hydrogen-bond acceptors (Lipinski definition) is 4. The van der Waals surface area contributed by atoms with Crippen molar-refractivity contribution in [3.8, 4) is 0 Å². The zero-order valence-electron chi connectivity index (χ0n) is 9.30. The normalized spacial score (nSPS) is 17.2. The number of nitro benzene ring substituents is 1. The lowest BCUT2D eigenvalue weighted by Crippen LogP contribution is -2.39. The summed E-state index contributed by atoms with van der Waals surface area (Å²) in [6.07, 6.45) is 1.96. The summed E-state index contributed by atoms with van der Waals surface area (Å²) in [5.41, 5.74) is 7.07. The second kappa shape index (κ2) is 5.18. The van der Waals surface area contributed by atoms with Crippen molar-refractivity contribution in [3.05, 3.63) is 31.9 Å². The van der Waals surface area contributed by atoms with Crippen LogP contribution in [0, 0.1) is 13.7 Å². The smallest absolute Gasteiger partial charge is 0.282 e. The van der Waals surface area contributed by atoms with Crippen LogP contribution in [0.1, 0.15) is 12.8 Å². The van der Waals surface area contributed by atoms with Gasteiger partial charge < -0.3 is 10.6 Å². The molecule has 2 N–H and O–H groups in total. The molecule has 1 fully saturated rings. The number of nitro groups is 1. The number of nitrogens with zero attached hydrogens (tertiary/aromatic N) is 2. The maximum absolute atomic E-state index is 10.7. The Balaban J connectivity index is 2.17. The summed E-state index contributed by atoms with van der Waals surface area (Å²) in [5.74, 6) is 0. The highest BCUT2D eigenvalue weighted by Gasteiger charge is 2.18. The topological polar surface area (TPSA) is 72.4 Å². The molecule has 0 saturated carbocycles. The van der Waals surface area contributed by atoms with Crippen LogP contribution in [0.5, 0.6) is 0 Å². The molecule has 1 aromatic rings. The molecule has 0 radical (unpaired) electrons. The fourth-order valence-corrected chi connectivity index (χ4v) is 2.69. The standard InChI is InChI=1S/C11H14IN3O2/c12-10-7-9(1-2-11(10)15(16)17)14-5-3-8(13)4-6-14/h1-2,7-8H,3-6,13H2. The van der Waals surface area contributed by atoms with Crippen LogP contribution in [0.25, 0.3) is 0 Å². The number of nitrogens with two attached hydrogens (primary N) is 1. The first-order valence-electron chi connectivity index (χ1n) is 5.52. The second-order valence-corrected chi connectivity index (χ2v) is 5.38. The first kappa shape index (κ1) is 12.6. The van der Waals surface area contributed by atoms with E-state index >= 15 is 0 Å². The molecule has 0 unspecified atom stereocenters. The molecule has 0 aromatic heterocycles. The molecule has 1 aliphatic heterocycles. The average Bonchev–Trinajstić information content (AvgIpc) is 2.29. The second-order valence-electron chi connectivity index (χ2n) is 4.22. The Hall–Kier alpha value is -0.890. The van der Waals surface area contributed by atoms with Gasteiger partial charge in [0.2, 0.25) is 0 Å². The summed E-state index contributed by atoms with van der Waals surface area (Å²) in [5, 5.41) is 10.7. The number of anilines is 1. The van der Waals surface area contributed by atoms with Crippen molar-refractivity contribution < 1.29 is 4.92 Å². The first-order valence-corrected chi connectivity index (χ1v) is 6.60. The van der Waals surface area contributed by atoms with Gasteiger partial charge in [-0.05, 0) is 47.6 Å². The van der Waals surface area contributed by atoms with Crippen molar-refractivity contribution in [2.24, 2.45) is 5.73 Å². The third-order valence-corrected chi connectivity index (χ3v) is 3.90. The molecule has 1 heterocycles. The van der Waals surface area contributed by atoms with Gasteiger partial charge >= 0.3 is 0 Å². The third kappa shape index (κ3) is 2.86. The van der Waals surface area contributed by atoms with Gasteiger partial charge in [-0.1, -0.05) is 0 Å². The minimum absolute atomic E-state index is 0.170. The van der Waals surface area contributed by atoms with Crippen molar-refractivity contribution in [3.63, 3.8) is 0 Å². The van der Waals surface area contributed by atoms with Gasteiger partial charge in [0.05, 0.1) is 8.49 Å². The van der Waals surface area contributed by atoms with E-state index in [9.17, 15) is 10.1 Å². The molecule has 17 heavy (non-hydrogen) atoms. The van der Waals surface area contributed by atoms with E-state index in [4.69, 9.17) is 5.73 Å². The Bertz CT molecular complexity index is 431. The molecule has 1 aromatic carbocycles. The van der Waals surface area contributed by atoms with E-state index in [1.807, 2.05) is 34.7 Å². The monoisotopic (exact) mass is 347 g/mol. The predicted molar refractivity (Wildman–Crippen MR) is 75.2 cm³/mol. The van der Waals surface area contributed by atoms with E-state index in [1.165, 1.54) is 0 Å². The van der Waals surface area contributed by atoms with Crippen molar-refractivity contribution in [2.45, 2.75) is 18.9 Å². The minimum Gasteiger partial charge on any atom is -0.371 e. The van der Waals surface area contributed by atoms with E-state index in [-0.39, 0.29) is 10.6 Å². The number of piperidine rings is 1. The van der Waals surface area contributed by atoms with Crippen LogP contribution in [-0.4, -0.2) is 24.1 Å². The Morgan fingerprint density at radius 1 is 1.41 bits per heavy atom. The van der Waals surface area contributed by atoms with E-state index < -0.39 is 0 Å². The molecule has 0 atom stereocenters. The Morgan fingerprint density at radius 2 is 2.06 bits per heavy atom. The fraction of sp³-hybridized carbons (Fsp3) is 0.455. The average molecular weight is 347 g/mol. The first-order chi connectivity index (χ1) is 8.08. The van der Waals surface area contributed by atoms with Gasteiger partial charge in [0.15, 0.2) is 0 Å². The molecule has 5 nitrogen and oxygen atoms in total. The number of hydrogen-bond donors (Lipinski definition) is 1. The van der Waals surface area contributed by atoms with Gasteiger partial charge in [-0.3, -0.25) is 10.1 Å². The van der Waals surface area contributed by atoms with Crippen LogP contribution >= 0.6 is 22.6 Å². The Kier molecular flexibility index (Phi) is 3.82. The summed E-state index contributed by atoms with van der Waals surface area (Å²) < 4.78 is 0.681. The highest BCUT2D eigenvalue weighted by molar-refractivity contribution is 14.1. The molecule has 1 saturated heterocycles. The molecule has 0 amide bonds. The summed E-state index contributed by atoms with van der Waals surface area (Å²) in [7, 11) is 0. The van der Waals surface area contributed by atoms with Crippen LogP contribution in [0.15, 0.2) is 18.2 Å². The van der Waals surface area contributed by atoms with Gasteiger partial charge in [-0.25, -0.2) is 0 Å². The molecule has 1 aliphatic rings. The Labute approximate surface area is 113 Å². The summed E-state index contributed by atoms with van der Waals surface area (Å²) in [6, 6.07) is 5.56. The summed E-state index contributed by atoms with van der Waals surface area (Å²) in [6.45, 7) is 1.85. The zero-order chi connectivity index (χ0) is 12.4. The highest BCUT2D eigenvalue weighted by Crippen LogP contribution is 2.27. The highest BCUT2D eigenvalue weighted by atomic mass is 127. The lowest BCUT2D eigenvalue weighted by Gasteiger charge is -2.32. The molecule has 0 bridgehead atoms. The SMILES string of the molecule is NC1CCN(c2ccc([N+](=O)[O-])c(I)c2)CC1. The number of halogens is 1. The minimum atomic E-state index is -0.350. The summed E-state index contributed by atoms with van der Waals surface area (Å²) in [4.78, 5) is 12.6. The lowest BCUT2D eigenvalue weighted by molar-refractivity contribution is -0.385. The van der Waals surface area contributed by atoms with Crippen molar-refractivity contribution in [1.29, 1.82) is 0 Å². The van der Waals surface area contributed by atoms with E-state index in [0.29, 0.717) is 9.61 Å². The maximum Gasteiger partial charge on any atom is 0.282 e. The van der Waals surface area contributed by atoms with Crippen LogP contribution in [-0.2, 0) is 0 Å². The maximum atomic E-state index is 10.7. The van der Waals surface area contributed by atoms with E-state index in [2.05, 4.69) is 4.90 Å². The van der Waals surface area contributed by atoms with Gasteiger partial charge in [0.1, 0.15) is 0 Å². The van der Waals surface area contributed by atoms with Crippen molar-refractivity contribution >= 4 is 34.0 Å². The van der Waals surface area contributed by atoms with Crippen molar-refractivity contribution in [2.75, 3.05) is 18.0 Å². The number of rotatable bonds is 2. The largest absolute Gasteiger partial charge is 0.371 e. The fourth-order valence-electron chi connectivity index (χ4n) is 2.00. The van der Waals surface area contributed by atoms with E-state index in [0.717, 1.165) is 31.6 Å². The molecule has 92 valence electrons. The lowest BCUT2D eigenvalue weighted by atomic mass is 10.1. The molecule has 0 aliphatic carbocycles. The van der Waals surface area contributed by atoms with Gasteiger partial charge in [-0.15, -0.1) is 0 Å². The van der Waals surface area contributed by atoms with Gasteiger partial charge in [-0.2, -0.15) is 0 Å². The quantitative estimate of drug-likeness (QED) is 0.505. The third-order valence-electron chi connectivity index (χ3n) is 3.03. The van der Waals surface area contributed by atoms with E-state index in [1.54, 1.807) is 6.07 Å². The molecular formula is C11H14IN3O2. The molecule has 2 rings (SSSR count). The predicted octanol–water partition coefficient (Wildman–Crippen LogP) is 2.13. The van der Waals surface area contributed by atoms with Crippen LogP contribution in [0.4, 0.5) is 11.4 Å². The van der Waals surface area contributed by atoms with Crippen LogP contribution in [0.3, 0.4) is 0 Å². The van der Waals surface area contributed by atoms with Gasteiger partial charge in [0, 0.05) is 30.9 Å². The summed E-state index contributed by atoms with van der Waals surface area (Å²) >= 11 is 2.01.